The number of nitrogens with one attached hydrogen (secondary N) is 1. The van der Waals surface area contributed by atoms with E-state index in [9.17, 15) is 14.3 Å². The molecule has 5 heteroatoms. The second-order valence-electron chi connectivity index (χ2n) is 3.97. The molecule has 4 nitrogen and oxygen atoms in total. The van der Waals surface area contributed by atoms with Gasteiger partial charge in [-0.05, 0) is 11.6 Å². The number of carbonyl (C=O) groups is 1. The van der Waals surface area contributed by atoms with Gasteiger partial charge >= 0.3 is 0 Å². The summed E-state index contributed by atoms with van der Waals surface area (Å²) < 4.78 is 13.4. The highest BCUT2D eigenvalue weighted by Gasteiger charge is 2.17. The van der Waals surface area contributed by atoms with E-state index in [-0.39, 0.29) is 12.2 Å². The molecule has 1 unspecified atom stereocenters. The molecular weight excluding hydrogens is 247 g/mol. The van der Waals surface area contributed by atoms with Gasteiger partial charge in [-0.3, -0.25) is 9.78 Å². The largest absolute Gasteiger partial charge is 0.394 e. The Morgan fingerprint density at radius 1 is 1.32 bits per heavy atom. The smallest absolute Gasteiger partial charge is 0.254 e. The Morgan fingerprint density at radius 2 is 2.05 bits per heavy atom. The standard InChI is InChI=1S/C14H13FN2O2/c15-12-8-16-7-6-11(12)14(19)17-13(9-18)10-4-2-1-3-5-10/h1-8,13,18H,9H2,(H,17,19). The summed E-state index contributed by atoms with van der Waals surface area (Å²) in [5, 5.41) is 11.9. The SMILES string of the molecule is O=C(NC(CO)c1ccccc1)c1ccncc1F. The topological polar surface area (TPSA) is 62.2 Å². The molecule has 98 valence electrons. The van der Waals surface area contributed by atoms with Crippen LogP contribution in [0.1, 0.15) is 22.0 Å². The van der Waals surface area contributed by atoms with Crippen molar-refractivity contribution in [1.29, 1.82) is 0 Å². The maximum Gasteiger partial charge on any atom is 0.254 e. The van der Waals surface area contributed by atoms with Crippen LogP contribution in [0.3, 0.4) is 0 Å². The van der Waals surface area contributed by atoms with Gasteiger partial charge < -0.3 is 10.4 Å². The van der Waals surface area contributed by atoms with Crippen molar-refractivity contribution in [3.8, 4) is 0 Å². The lowest BCUT2D eigenvalue weighted by molar-refractivity contribution is 0.0912. The van der Waals surface area contributed by atoms with Crippen LogP contribution in [0, 0.1) is 5.82 Å². The van der Waals surface area contributed by atoms with Crippen molar-refractivity contribution in [2.24, 2.45) is 0 Å². The van der Waals surface area contributed by atoms with Crippen molar-refractivity contribution in [3.05, 3.63) is 65.7 Å². The predicted molar refractivity (Wildman–Crippen MR) is 67.9 cm³/mol. The highest BCUT2D eigenvalue weighted by atomic mass is 19.1. The van der Waals surface area contributed by atoms with Gasteiger partial charge in [-0.25, -0.2) is 4.39 Å². The van der Waals surface area contributed by atoms with Gasteiger partial charge in [0, 0.05) is 6.20 Å². The Labute approximate surface area is 109 Å². The van der Waals surface area contributed by atoms with Crippen molar-refractivity contribution in [2.75, 3.05) is 6.61 Å². The van der Waals surface area contributed by atoms with E-state index >= 15 is 0 Å². The zero-order valence-corrected chi connectivity index (χ0v) is 10.1. The van der Waals surface area contributed by atoms with Crippen molar-refractivity contribution in [3.63, 3.8) is 0 Å². The van der Waals surface area contributed by atoms with Gasteiger partial charge in [0.05, 0.1) is 24.4 Å². The number of nitrogens with zero attached hydrogens (tertiary/aromatic N) is 1. The van der Waals surface area contributed by atoms with Crippen LogP contribution in [-0.2, 0) is 0 Å². The maximum absolute atomic E-state index is 13.4. The van der Waals surface area contributed by atoms with Gasteiger partial charge in [0.1, 0.15) is 0 Å². The molecule has 0 saturated carbocycles. The van der Waals surface area contributed by atoms with Gasteiger partial charge in [-0.2, -0.15) is 0 Å². The number of pyridine rings is 1. The Kier molecular flexibility index (Phi) is 4.20. The number of aromatic nitrogens is 1. The highest BCUT2D eigenvalue weighted by Crippen LogP contribution is 2.13. The Morgan fingerprint density at radius 3 is 2.68 bits per heavy atom. The Hall–Kier alpha value is -2.27. The molecule has 2 aromatic rings. The number of carbonyl (C=O) groups excluding carboxylic acids is 1. The molecule has 0 bridgehead atoms. The van der Waals surface area contributed by atoms with Crippen molar-refractivity contribution < 1.29 is 14.3 Å². The zero-order valence-electron chi connectivity index (χ0n) is 10.1. The summed E-state index contributed by atoms with van der Waals surface area (Å²) in [5.41, 5.74) is 0.664. The average molecular weight is 260 g/mol. The number of aliphatic hydroxyl groups is 1. The van der Waals surface area contributed by atoms with Gasteiger partial charge in [-0.1, -0.05) is 30.3 Å². The van der Waals surface area contributed by atoms with Crippen LogP contribution in [-0.4, -0.2) is 22.6 Å². The minimum atomic E-state index is -0.690. The third kappa shape index (κ3) is 3.14. The molecule has 0 fully saturated rings. The number of hydrogen-bond acceptors (Lipinski definition) is 3. The summed E-state index contributed by atoms with van der Waals surface area (Å²) in [7, 11) is 0. The van der Waals surface area contributed by atoms with E-state index in [1.165, 1.54) is 12.3 Å². The third-order valence-corrected chi connectivity index (χ3v) is 2.71. The molecule has 1 heterocycles. The van der Waals surface area contributed by atoms with Crippen molar-refractivity contribution in [1.82, 2.24) is 10.3 Å². The first-order chi connectivity index (χ1) is 9.22. The second-order valence-corrected chi connectivity index (χ2v) is 3.97. The number of rotatable bonds is 4. The number of halogens is 1. The summed E-state index contributed by atoms with van der Waals surface area (Å²) >= 11 is 0. The molecule has 1 aromatic carbocycles. The molecule has 0 radical (unpaired) electrons. The van der Waals surface area contributed by atoms with E-state index in [4.69, 9.17) is 0 Å². The fourth-order valence-electron chi connectivity index (χ4n) is 1.72. The molecule has 0 aliphatic heterocycles. The van der Waals surface area contributed by atoms with E-state index in [0.717, 1.165) is 11.8 Å². The highest BCUT2D eigenvalue weighted by molar-refractivity contribution is 5.94. The zero-order chi connectivity index (χ0) is 13.7. The van der Waals surface area contributed by atoms with E-state index in [1.54, 1.807) is 24.3 Å². The van der Waals surface area contributed by atoms with Crippen LogP contribution in [0.4, 0.5) is 4.39 Å². The average Bonchev–Trinajstić information content (AvgIpc) is 2.46. The molecule has 0 saturated heterocycles. The predicted octanol–water partition coefficient (Wildman–Crippen LogP) is 1.68. The first-order valence-corrected chi connectivity index (χ1v) is 5.78. The van der Waals surface area contributed by atoms with Crippen LogP contribution < -0.4 is 5.32 Å². The van der Waals surface area contributed by atoms with Gasteiger partial charge in [0.25, 0.3) is 5.91 Å². The minimum absolute atomic E-state index is 0.0932. The molecule has 2 N–H and O–H groups in total. The van der Waals surface area contributed by atoms with Crippen molar-refractivity contribution >= 4 is 5.91 Å². The number of amides is 1. The van der Waals surface area contributed by atoms with Crippen LogP contribution in [0.15, 0.2) is 48.8 Å². The second kappa shape index (κ2) is 6.06. The lowest BCUT2D eigenvalue weighted by Gasteiger charge is -2.16. The molecule has 19 heavy (non-hydrogen) atoms. The fraction of sp³-hybridized carbons (Fsp3) is 0.143. The summed E-state index contributed by atoms with van der Waals surface area (Å²) in [6, 6.07) is 9.73. The number of hydrogen-bond donors (Lipinski definition) is 2. The first kappa shape index (κ1) is 13.2. The van der Waals surface area contributed by atoms with E-state index in [1.807, 2.05) is 6.07 Å². The molecule has 1 aromatic heterocycles. The van der Waals surface area contributed by atoms with Crippen LogP contribution in [0.25, 0.3) is 0 Å². The lowest BCUT2D eigenvalue weighted by atomic mass is 10.1. The summed E-state index contributed by atoms with van der Waals surface area (Å²) in [4.78, 5) is 15.5. The van der Waals surface area contributed by atoms with Gasteiger partial charge in [-0.15, -0.1) is 0 Å². The quantitative estimate of drug-likeness (QED) is 0.879. The van der Waals surface area contributed by atoms with E-state index in [0.29, 0.717) is 0 Å². The minimum Gasteiger partial charge on any atom is -0.394 e. The number of aliphatic hydroxyl groups excluding tert-OH is 1. The lowest BCUT2D eigenvalue weighted by Crippen LogP contribution is -2.31. The fourth-order valence-corrected chi connectivity index (χ4v) is 1.72. The molecular formula is C14H13FN2O2. The van der Waals surface area contributed by atoms with Crippen LogP contribution in [0.2, 0.25) is 0 Å². The third-order valence-electron chi connectivity index (χ3n) is 2.71. The van der Waals surface area contributed by atoms with E-state index < -0.39 is 17.8 Å². The summed E-state index contributed by atoms with van der Waals surface area (Å²) in [6.07, 6.45) is 2.32. The number of benzene rings is 1. The first-order valence-electron chi connectivity index (χ1n) is 5.78. The van der Waals surface area contributed by atoms with E-state index in [2.05, 4.69) is 10.3 Å². The Balaban J connectivity index is 2.16. The monoisotopic (exact) mass is 260 g/mol. The summed E-state index contributed by atoms with van der Waals surface area (Å²) in [5.74, 6) is -1.27. The van der Waals surface area contributed by atoms with Crippen LogP contribution >= 0.6 is 0 Å². The normalized spacial score (nSPS) is 11.9. The molecule has 0 aliphatic carbocycles. The molecule has 0 aliphatic rings. The van der Waals surface area contributed by atoms with Gasteiger partial charge in [0.15, 0.2) is 5.82 Å². The maximum atomic E-state index is 13.4. The Bertz CT molecular complexity index is 560. The van der Waals surface area contributed by atoms with Crippen LogP contribution in [0.5, 0.6) is 0 Å². The molecule has 1 atom stereocenters. The molecule has 2 rings (SSSR count). The molecule has 1 amide bonds. The summed E-state index contributed by atoms with van der Waals surface area (Å²) in [6.45, 7) is -0.261. The van der Waals surface area contributed by atoms with Crippen molar-refractivity contribution in [2.45, 2.75) is 6.04 Å². The molecule has 0 spiro atoms. The van der Waals surface area contributed by atoms with Gasteiger partial charge in [0.2, 0.25) is 0 Å².